The molecule has 0 amide bonds. The van der Waals surface area contributed by atoms with Gasteiger partial charge in [0.05, 0.1) is 48.5 Å². The third kappa shape index (κ3) is 54.0. The van der Waals surface area contributed by atoms with Crippen LogP contribution in [0.2, 0.25) is 0 Å². The Labute approximate surface area is 425 Å². The summed E-state index contributed by atoms with van der Waals surface area (Å²) in [4.78, 5) is 84.9. The maximum Gasteiger partial charge on any atom is 3.00 e. The number of carbonyl (C=O) groups is 6. The Morgan fingerprint density at radius 3 is 0.750 bits per heavy atom. The minimum atomic E-state index is -1.14. The zero-order valence-corrected chi connectivity index (χ0v) is 39.0. The summed E-state index contributed by atoms with van der Waals surface area (Å²) in [6.45, 7) is 9.72. The van der Waals surface area contributed by atoms with E-state index in [0.717, 1.165) is 36.5 Å². The van der Waals surface area contributed by atoms with E-state index in [1.165, 1.54) is 49.1 Å². The van der Waals surface area contributed by atoms with Crippen LogP contribution < -0.4 is 53.6 Å². The molecule has 0 aliphatic carbocycles. The minimum absolute atomic E-state index is 0. The summed E-state index contributed by atoms with van der Waals surface area (Å²) in [5, 5.41) is 56.4. The molecular formula is C34H54Dy2N12O16+4. The molecule has 0 spiro atoms. The molecule has 0 aliphatic heterocycles. The molecule has 4 aromatic heterocycles. The fourth-order valence-corrected chi connectivity index (χ4v) is 2.56. The number of nitrogens with two attached hydrogens (primary N) is 4. The van der Waals surface area contributed by atoms with Crippen molar-refractivity contribution in [2.75, 3.05) is 22.9 Å². The number of rotatable bonds is 6. The number of nitrogen functional groups attached to an aromatic ring is 4. The quantitative estimate of drug-likeness (QED) is 0.0771. The van der Waals surface area contributed by atoms with E-state index in [9.17, 15) is 59.4 Å². The van der Waals surface area contributed by atoms with E-state index >= 15 is 0 Å². The van der Waals surface area contributed by atoms with Crippen molar-refractivity contribution >= 4 is 81.7 Å². The van der Waals surface area contributed by atoms with Crippen molar-refractivity contribution < 1.29 is 158 Å². The molecule has 64 heavy (non-hydrogen) atoms. The number of carbonyl (C=O) groups excluding carboxylic acids is 6. The molecule has 0 saturated carbocycles. The first-order valence-corrected chi connectivity index (χ1v) is 15.6. The predicted molar refractivity (Wildman–Crippen MR) is 219 cm³/mol. The minimum Gasteiger partial charge on any atom is -0.545 e. The molecule has 0 aliphatic rings. The van der Waals surface area contributed by atoms with Gasteiger partial charge in [0.25, 0.3) is 0 Å². The van der Waals surface area contributed by atoms with E-state index in [-0.39, 0.29) is 110 Å². The zero-order chi connectivity index (χ0) is 45.6. The van der Waals surface area contributed by atoms with Crippen molar-refractivity contribution in [1.82, 2.24) is 39.9 Å². The summed E-state index contributed by atoms with van der Waals surface area (Å²) in [5.41, 5.74) is 23.9. The van der Waals surface area contributed by atoms with E-state index in [0.29, 0.717) is 34.0 Å². The van der Waals surface area contributed by atoms with Crippen LogP contribution in [0.3, 0.4) is 0 Å². The van der Waals surface area contributed by atoms with Crippen LogP contribution in [0.4, 0.5) is 23.5 Å². The van der Waals surface area contributed by atoms with E-state index in [1.54, 1.807) is 41.5 Å². The number of aliphatic carboxylic acids is 6. The fraction of sp³-hybridized carbons (Fsp3) is 0.176. The number of aromatic amines is 2. The first kappa shape index (κ1) is 81.7. The van der Waals surface area contributed by atoms with E-state index < -0.39 is 35.8 Å². The van der Waals surface area contributed by atoms with Crippen LogP contribution in [-0.4, -0.2) is 75.7 Å². The molecule has 30 heteroatoms. The first-order valence-electron chi connectivity index (χ1n) is 15.6. The number of carboxylic acids is 6. The molecule has 0 unspecified atom stereocenters. The summed E-state index contributed by atoms with van der Waals surface area (Å²) in [5.74, 6) is -5.92. The van der Waals surface area contributed by atoms with Gasteiger partial charge in [-0.05, 0) is 78.0 Å². The Morgan fingerprint density at radius 2 is 0.609 bits per heavy atom. The molecule has 4 rings (SSSR count). The van der Waals surface area contributed by atoms with Gasteiger partial charge in [-0.3, -0.25) is 0 Å². The SMILES string of the molecule is C/C=C/C(=O)[O-].C/C=C/C(=O)[O-].C/C=C/C(=O)[O-].C/C=C/C(=O)[O-].C/C=C/C(=O)[O-].C/C=C/C(=O)[O-].Nc1nc(N)c2[nH]cnc2n1.Nc1nc(N)c2[nH]cnc2n1.[Dy+3].[Dy+3].[OH3+].[OH3+].[OH3+].[OH3+]. The zero-order valence-electron chi connectivity index (χ0n) is 34.9. The van der Waals surface area contributed by atoms with Crippen molar-refractivity contribution in [1.29, 1.82) is 0 Å². The second-order valence-electron chi connectivity index (χ2n) is 9.05. The number of fused-ring (bicyclic) bond motifs is 2. The third-order valence-electron chi connectivity index (χ3n) is 4.48. The van der Waals surface area contributed by atoms with Gasteiger partial charge in [0.2, 0.25) is 11.9 Å². The van der Waals surface area contributed by atoms with Crippen molar-refractivity contribution in [3.63, 3.8) is 0 Å². The Morgan fingerprint density at radius 1 is 0.422 bits per heavy atom. The molecule has 0 saturated heterocycles. The van der Waals surface area contributed by atoms with Gasteiger partial charge < -0.3 is 114 Å². The standard InChI is InChI=1S/2C5H6N6.6C4H6O2.2Dy.4H2O/c2*6-3-2-4(9-1-8-2)11-5(7)10-3;6*1-2-3-4(5)6;;;;;;/h2*1H,(H5,6,7,8,9,10,11);6*2-3H,1H3,(H,5,6);;;4*1H2/q;;;;;;;;2*+3;;;;/p-2/b;;6*3-2+;;;;;;. The van der Waals surface area contributed by atoms with Crippen molar-refractivity contribution in [3.8, 4) is 0 Å². The van der Waals surface area contributed by atoms with Crippen LogP contribution >= 0.6 is 0 Å². The normalized spacial score (nSPS) is 8.97. The second-order valence-corrected chi connectivity index (χ2v) is 9.05. The average molecular weight is 1210 g/mol. The fourth-order valence-electron chi connectivity index (χ4n) is 2.56. The molecule has 0 aromatic carbocycles. The van der Waals surface area contributed by atoms with E-state index in [4.69, 9.17) is 22.9 Å². The largest absolute Gasteiger partial charge is 3.00 e. The number of nitrogens with zero attached hydrogens (tertiary/aromatic N) is 6. The summed E-state index contributed by atoms with van der Waals surface area (Å²) >= 11 is 0. The van der Waals surface area contributed by atoms with Crippen LogP contribution in [0.15, 0.2) is 85.6 Å². The van der Waals surface area contributed by atoms with Crippen LogP contribution in [0.25, 0.3) is 22.3 Å². The summed E-state index contributed by atoms with van der Waals surface area (Å²) < 4.78 is 0. The van der Waals surface area contributed by atoms with Crippen LogP contribution in [0.1, 0.15) is 41.5 Å². The summed E-state index contributed by atoms with van der Waals surface area (Å²) in [7, 11) is 0. The second kappa shape index (κ2) is 53.1. The molecule has 362 valence electrons. The molecule has 4 heterocycles. The average Bonchev–Trinajstić information content (AvgIpc) is 3.77. The van der Waals surface area contributed by atoms with Crippen LogP contribution in [0, 0.1) is 76.3 Å². The molecule has 0 atom stereocenters. The molecule has 0 bridgehead atoms. The molecule has 2 radical (unpaired) electrons. The maximum absolute atomic E-state index is 9.40. The number of aromatic nitrogens is 8. The first-order chi connectivity index (χ1) is 27.2. The number of allylic oxidation sites excluding steroid dienone is 6. The van der Waals surface area contributed by atoms with Gasteiger partial charge in [-0.2, -0.15) is 19.9 Å². The molecular weight excluding hydrogens is 1160 g/mol. The summed E-state index contributed by atoms with van der Waals surface area (Å²) in [6, 6.07) is 0. The topological polar surface area (TPSA) is 586 Å². The van der Waals surface area contributed by atoms with Gasteiger partial charge in [-0.15, -0.1) is 0 Å². The summed E-state index contributed by atoms with van der Waals surface area (Å²) in [6.07, 6.45) is 17.3. The number of H-pyrrole nitrogens is 2. The Hall–Kier alpha value is -6.05. The van der Waals surface area contributed by atoms with Crippen molar-refractivity contribution in [2.24, 2.45) is 0 Å². The van der Waals surface area contributed by atoms with Crippen molar-refractivity contribution in [3.05, 3.63) is 85.6 Å². The molecule has 22 N–H and O–H groups in total. The van der Waals surface area contributed by atoms with Crippen molar-refractivity contribution in [2.45, 2.75) is 41.5 Å². The molecule has 0 fully saturated rings. The Kier molecular flexibility index (Phi) is 67.8. The maximum atomic E-state index is 9.40. The number of anilines is 4. The van der Waals surface area contributed by atoms with Gasteiger partial charge in [-0.25, -0.2) is 9.97 Å². The number of imidazole rings is 2. The van der Waals surface area contributed by atoms with Gasteiger partial charge in [0.1, 0.15) is 11.0 Å². The van der Waals surface area contributed by atoms with E-state index in [1.807, 2.05) is 0 Å². The predicted octanol–water partition coefficient (Wildman–Crippen LogP) is -8.78. The smallest absolute Gasteiger partial charge is 0.545 e. The van der Waals surface area contributed by atoms with E-state index in [2.05, 4.69) is 39.9 Å². The number of carboxylic acid groups (broad SMARTS) is 6. The number of nitrogens with one attached hydrogen (secondary N) is 2. The molecule has 4 aromatic rings. The number of hydrogen-bond donors (Lipinski definition) is 6. The number of hydrogen-bond acceptors (Lipinski definition) is 22. The van der Waals surface area contributed by atoms with Crippen LogP contribution in [0.5, 0.6) is 0 Å². The third-order valence-corrected chi connectivity index (χ3v) is 4.48. The van der Waals surface area contributed by atoms with Gasteiger partial charge >= 0.3 is 76.3 Å². The van der Waals surface area contributed by atoms with Gasteiger partial charge in [0, 0.05) is 0 Å². The monoisotopic (exact) mass is 1210 g/mol. The van der Waals surface area contributed by atoms with Gasteiger partial charge in [-0.1, -0.05) is 36.5 Å². The Bertz CT molecular complexity index is 1810. The Balaban J connectivity index is -0.0000000655. The molecule has 28 nitrogen and oxygen atoms in total. The van der Waals surface area contributed by atoms with Crippen LogP contribution in [-0.2, 0) is 50.7 Å². The van der Waals surface area contributed by atoms with Gasteiger partial charge in [0.15, 0.2) is 22.9 Å².